The zero-order valence-corrected chi connectivity index (χ0v) is 14.7. The number of primary sulfonamides is 1. The van der Waals surface area contributed by atoms with Gasteiger partial charge in [0.25, 0.3) is 0 Å². The predicted octanol–water partition coefficient (Wildman–Crippen LogP) is 1.31. The van der Waals surface area contributed by atoms with E-state index in [0.29, 0.717) is 18.7 Å². The van der Waals surface area contributed by atoms with Crippen molar-refractivity contribution in [3.8, 4) is 0 Å². The van der Waals surface area contributed by atoms with Crippen LogP contribution < -0.4 is 5.14 Å². The summed E-state index contributed by atoms with van der Waals surface area (Å²) < 4.78 is 25.1. The maximum Gasteiger partial charge on any atom is 0.238 e. The van der Waals surface area contributed by atoms with E-state index in [2.05, 4.69) is 31.1 Å². The number of nitrogens with zero attached hydrogens (tertiary/aromatic N) is 4. The molecule has 23 heavy (non-hydrogen) atoms. The molecule has 7 nitrogen and oxygen atoms in total. The average Bonchev–Trinajstić information content (AvgIpc) is 2.86. The first-order chi connectivity index (χ1) is 10.6. The van der Waals surface area contributed by atoms with Gasteiger partial charge in [-0.05, 0) is 39.4 Å². The van der Waals surface area contributed by atoms with Gasteiger partial charge in [0.15, 0.2) is 0 Å². The third kappa shape index (κ3) is 4.60. The molecule has 1 aromatic carbocycles. The molecule has 8 heteroatoms. The molecular weight excluding hydrogens is 314 g/mol. The van der Waals surface area contributed by atoms with Crippen molar-refractivity contribution in [1.82, 2.24) is 19.9 Å². The first kappa shape index (κ1) is 17.6. The first-order valence-electron chi connectivity index (χ1n) is 7.28. The molecule has 126 valence electrons. The van der Waals surface area contributed by atoms with Crippen LogP contribution in [0, 0.1) is 0 Å². The number of sulfonamides is 1. The number of hydrogen-bond acceptors (Lipinski definition) is 5. The molecule has 0 fully saturated rings. The Labute approximate surface area is 137 Å². The van der Waals surface area contributed by atoms with Crippen LogP contribution in [0.25, 0.3) is 0 Å². The molecule has 0 atom stereocenters. The van der Waals surface area contributed by atoms with Crippen LogP contribution in [0.5, 0.6) is 0 Å². The predicted molar refractivity (Wildman–Crippen MR) is 88.0 cm³/mol. The van der Waals surface area contributed by atoms with Gasteiger partial charge in [0.2, 0.25) is 10.0 Å². The third-order valence-corrected chi connectivity index (χ3v) is 4.39. The van der Waals surface area contributed by atoms with Gasteiger partial charge in [0.1, 0.15) is 0 Å². The number of hydrogen-bond donors (Lipinski definition) is 1. The van der Waals surface area contributed by atoms with Crippen LogP contribution in [0.1, 0.15) is 32.0 Å². The van der Waals surface area contributed by atoms with E-state index in [-0.39, 0.29) is 10.4 Å². The lowest BCUT2D eigenvalue weighted by molar-refractivity contribution is 0.312. The summed E-state index contributed by atoms with van der Waals surface area (Å²) in [7, 11) is -1.83. The van der Waals surface area contributed by atoms with Crippen LogP contribution >= 0.6 is 0 Å². The summed E-state index contributed by atoms with van der Waals surface area (Å²) in [6.07, 6.45) is 1.90. The van der Waals surface area contributed by atoms with Crippen LogP contribution in [0.2, 0.25) is 0 Å². The van der Waals surface area contributed by atoms with Gasteiger partial charge in [-0.3, -0.25) is 4.90 Å². The average molecular weight is 337 g/mol. The van der Waals surface area contributed by atoms with Gasteiger partial charge in [-0.25, -0.2) is 18.2 Å². The van der Waals surface area contributed by atoms with Crippen molar-refractivity contribution in [2.45, 2.75) is 44.3 Å². The van der Waals surface area contributed by atoms with E-state index in [1.165, 1.54) is 6.07 Å². The molecule has 2 N–H and O–H groups in total. The summed E-state index contributed by atoms with van der Waals surface area (Å²) in [4.78, 5) is 2.13. The highest BCUT2D eigenvalue weighted by Crippen LogP contribution is 2.17. The van der Waals surface area contributed by atoms with E-state index in [1.54, 1.807) is 18.2 Å². The van der Waals surface area contributed by atoms with Crippen molar-refractivity contribution < 1.29 is 8.42 Å². The SMILES string of the molecule is CN(Cc1cn(C(C)(C)C)nn1)Cc1ccccc1S(N)(=O)=O. The van der Waals surface area contributed by atoms with Crippen molar-refractivity contribution in [1.29, 1.82) is 0 Å². The van der Waals surface area contributed by atoms with Gasteiger partial charge in [0, 0.05) is 13.1 Å². The Balaban J connectivity index is 2.12. The molecule has 0 saturated carbocycles. The molecule has 0 bridgehead atoms. The molecule has 0 spiro atoms. The Kier molecular flexibility index (Phi) is 4.88. The van der Waals surface area contributed by atoms with Gasteiger partial charge in [-0.1, -0.05) is 23.4 Å². The number of rotatable bonds is 5. The maximum absolute atomic E-state index is 11.6. The van der Waals surface area contributed by atoms with Gasteiger partial charge in [-0.2, -0.15) is 0 Å². The quantitative estimate of drug-likeness (QED) is 0.888. The Morgan fingerprint density at radius 1 is 1.22 bits per heavy atom. The van der Waals surface area contributed by atoms with Crippen molar-refractivity contribution in [3.63, 3.8) is 0 Å². The zero-order valence-electron chi connectivity index (χ0n) is 13.9. The highest BCUT2D eigenvalue weighted by Gasteiger charge is 2.17. The summed E-state index contributed by atoms with van der Waals surface area (Å²) in [5.41, 5.74) is 1.38. The normalized spacial score (nSPS) is 12.8. The standard InChI is InChI=1S/C15H23N5O2S/c1-15(2,3)20-11-13(17-18-20)10-19(4)9-12-7-5-6-8-14(12)23(16,21)22/h5-8,11H,9-10H2,1-4H3,(H2,16,21,22). The van der Waals surface area contributed by atoms with E-state index in [4.69, 9.17) is 5.14 Å². The fourth-order valence-electron chi connectivity index (χ4n) is 2.23. The molecule has 0 aliphatic carbocycles. The first-order valence-corrected chi connectivity index (χ1v) is 8.83. The Morgan fingerprint density at radius 2 is 1.87 bits per heavy atom. The van der Waals surface area contributed by atoms with Crippen molar-refractivity contribution in [3.05, 3.63) is 41.7 Å². The van der Waals surface area contributed by atoms with Crippen LogP contribution in [-0.4, -0.2) is 35.4 Å². The second-order valence-electron chi connectivity index (χ2n) is 6.65. The van der Waals surface area contributed by atoms with Gasteiger partial charge in [-0.15, -0.1) is 5.10 Å². The molecule has 2 rings (SSSR count). The van der Waals surface area contributed by atoms with Gasteiger partial charge >= 0.3 is 0 Å². The molecule has 0 radical (unpaired) electrons. The number of aromatic nitrogens is 3. The van der Waals surface area contributed by atoms with E-state index in [1.807, 2.05) is 22.8 Å². The summed E-state index contributed by atoms with van der Waals surface area (Å²) in [5, 5.41) is 13.6. The monoisotopic (exact) mass is 337 g/mol. The molecule has 0 unspecified atom stereocenters. The molecule has 0 aliphatic rings. The van der Waals surface area contributed by atoms with Crippen molar-refractivity contribution >= 4 is 10.0 Å². The van der Waals surface area contributed by atoms with Gasteiger partial charge < -0.3 is 0 Å². The summed E-state index contributed by atoms with van der Waals surface area (Å²) in [5.74, 6) is 0. The smallest absolute Gasteiger partial charge is 0.238 e. The fraction of sp³-hybridized carbons (Fsp3) is 0.467. The van der Waals surface area contributed by atoms with Crippen LogP contribution in [-0.2, 0) is 28.7 Å². The number of nitrogens with two attached hydrogens (primary N) is 1. The highest BCUT2D eigenvalue weighted by molar-refractivity contribution is 7.89. The second kappa shape index (κ2) is 6.38. The van der Waals surface area contributed by atoms with Crippen molar-refractivity contribution in [2.24, 2.45) is 5.14 Å². The van der Waals surface area contributed by atoms with Gasteiger partial charge in [0.05, 0.1) is 22.3 Å². The van der Waals surface area contributed by atoms with Crippen molar-refractivity contribution in [2.75, 3.05) is 7.05 Å². The zero-order chi connectivity index (χ0) is 17.3. The molecule has 1 heterocycles. The van der Waals surface area contributed by atoms with E-state index in [9.17, 15) is 8.42 Å². The largest absolute Gasteiger partial charge is 0.296 e. The topological polar surface area (TPSA) is 94.1 Å². The minimum atomic E-state index is -3.73. The molecule has 0 aliphatic heterocycles. The van der Waals surface area contributed by atoms with E-state index >= 15 is 0 Å². The van der Waals surface area contributed by atoms with Crippen LogP contribution in [0.15, 0.2) is 35.4 Å². The summed E-state index contributed by atoms with van der Waals surface area (Å²) >= 11 is 0. The third-order valence-electron chi connectivity index (χ3n) is 3.38. The van der Waals surface area contributed by atoms with E-state index in [0.717, 1.165) is 5.69 Å². The molecular formula is C15H23N5O2S. The fourth-order valence-corrected chi connectivity index (χ4v) is 3.00. The Hall–Kier alpha value is -1.77. The minimum Gasteiger partial charge on any atom is -0.296 e. The highest BCUT2D eigenvalue weighted by atomic mass is 32.2. The molecule has 0 saturated heterocycles. The molecule has 2 aromatic rings. The van der Waals surface area contributed by atoms with E-state index < -0.39 is 10.0 Å². The van der Waals surface area contributed by atoms with Crippen LogP contribution in [0.3, 0.4) is 0 Å². The Bertz CT molecular complexity index is 777. The number of benzene rings is 1. The molecule has 1 aromatic heterocycles. The maximum atomic E-state index is 11.6. The minimum absolute atomic E-state index is 0.121. The Morgan fingerprint density at radius 3 is 2.43 bits per heavy atom. The second-order valence-corrected chi connectivity index (χ2v) is 8.18. The molecule has 0 amide bonds. The lowest BCUT2D eigenvalue weighted by Gasteiger charge is -2.18. The lowest BCUT2D eigenvalue weighted by Crippen LogP contribution is -2.22. The summed E-state index contributed by atoms with van der Waals surface area (Å²) in [6.45, 7) is 7.18. The lowest BCUT2D eigenvalue weighted by atomic mass is 10.1. The summed E-state index contributed by atoms with van der Waals surface area (Å²) in [6, 6.07) is 6.75. The van der Waals surface area contributed by atoms with Crippen LogP contribution in [0.4, 0.5) is 0 Å².